The van der Waals surface area contributed by atoms with Gasteiger partial charge in [0.05, 0.1) is 22.9 Å². The molecular weight excluding hydrogens is 415 g/mol. The van der Waals surface area contributed by atoms with Gasteiger partial charge in [0.25, 0.3) is 0 Å². The molecule has 0 fully saturated rings. The molecule has 26 heavy (non-hydrogen) atoms. The number of aryl methyl sites for hydroxylation is 2. The maximum absolute atomic E-state index is 12.9. The van der Waals surface area contributed by atoms with Gasteiger partial charge >= 0.3 is 6.18 Å². The van der Waals surface area contributed by atoms with Crippen molar-refractivity contribution >= 4 is 21.8 Å². The normalized spacial score (nSPS) is 11.8. The molecule has 2 heterocycles. The Morgan fingerprint density at radius 3 is 2.42 bits per heavy atom. The Hall–Kier alpha value is -1.84. The van der Waals surface area contributed by atoms with Crippen LogP contribution in [0.4, 0.5) is 13.2 Å². The summed E-state index contributed by atoms with van der Waals surface area (Å²) in [5.41, 5.74) is 1.31. The molecule has 0 aromatic carbocycles. The molecule has 0 aliphatic rings. The highest BCUT2D eigenvalue weighted by atomic mass is 79.9. The average molecular weight is 436 g/mol. The Balaban J connectivity index is 2.01. The van der Waals surface area contributed by atoms with Crippen molar-refractivity contribution < 1.29 is 18.0 Å². The summed E-state index contributed by atoms with van der Waals surface area (Å²) in [6.45, 7) is 6.69. The number of aromatic nitrogens is 4. The summed E-state index contributed by atoms with van der Waals surface area (Å²) in [7, 11) is 1.66. The van der Waals surface area contributed by atoms with E-state index in [9.17, 15) is 18.0 Å². The van der Waals surface area contributed by atoms with Gasteiger partial charge in [-0.1, -0.05) is 0 Å². The van der Waals surface area contributed by atoms with Crippen molar-refractivity contribution in [2.75, 3.05) is 7.05 Å². The van der Waals surface area contributed by atoms with Crippen LogP contribution in [0.15, 0.2) is 10.7 Å². The first-order valence-electron chi connectivity index (χ1n) is 8.11. The highest BCUT2D eigenvalue weighted by Crippen LogP contribution is 2.35. The molecule has 2 rings (SSSR count). The Morgan fingerprint density at radius 2 is 1.92 bits per heavy atom. The van der Waals surface area contributed by atoms with Gasteiger partial charge in [0.15, 0.2) is 5.69 Å². The number of amides is 1. The summed E-state index contributed by atoms with van der Waals surface area (Å²) >= 11 is 2.93. The third-order valence-electron chi connectivity index (χ3n) is 4.28. The second-order valence-corrected chi connectivity index (χ2v) is 6.83. The van der Waals surface area contributed by atoms with Crippen molar-refractivity contribution in [2.45, 2.75) is 53.0 Å². The number of rotatable bonds is 6. The van der Waals surface area contributed by atoms with E-state index >= 15 is 0 Å². The van der Waals surface area contributed by atoms with Gasteiger partial charge < -0.3 is 4.90 Å². The van der Waals surface area contributed by atoms with Crippen molar-refractivity contribution in [3.05, 3.63) is 33.3 Å². The fraction of sp³-hybridized carbons (Fsp3) is 0.562. The molecule has 0 radical (unpaired) electrons. The molecule has 10 heteroatoms. The molecular formula is C16H21BrF3N5O. The molecule has 0 N–H and O–H groups in total. The maximum atomic E-state index is 12.9. The number of carbonyl (C=O) groups excluding carboxylic acids is 1. The minimum absolute atomic E-state index is 0.0592. The second kappa shape index (κ2) is 7.81. The lowest BCUT2D eigenvalue weighted by molar-refractivity contribution is -0.142. The zero-order valence-corrected chi connectivity index (χ0v) is 16.6. The molecule has 0 saturated carbocycles. The first kappa shape index (κ1) is 20.5. The smallest absolute Gasteiger partial charge is 0.341 e. The lowest BCUT2D eigenvalue weighted by Gasteiger charge is -2.17. The van der Waals surface area contributed by atoms with Crippen LogP contribution in [0, 0.1) is 13.8 Å². The Morgan fingerprint density at radius 1 is 1.27 bits per heavy atom. The third-order valence-corrected chi connectivity index (χ3v) is 5.23. The molecule has 0 saturated heterocycles. The molecule has 0 unspecified atom stereocenters. The molecule has 0 spiro atoms. The molecule has 0 aliphatic carbocycles. The van der Waals surface area contributed by atoms with E-state index in [1.54, 1.807) is 18.1 Å². The largest absolute Gasteiger partial charge is 0.436 e. The van der Waals surface area contributed by atoms with Gasteiger partial charge in [-0.2, -0.15) is 23.4 Å². The Bertz CT molecular complexity index is 797. The second-order valence-electron chi connectivity index (χ2n) is 6.04. The molecule has 144 valence electrons. The van der Waals surface area contributed by atoms with Crippen LogP contribution in [0.25, 0.3) is 0 Å². The first-order valence-corrected chi connectivity index (χ1v) is 8.90. The van der Waals surface area contributed by atoms with Crippen LogP contribution in [0.1, 0.15) is 36.0 Å². The lowest BCUT2D eigenvalue weighted by atomic mass is 10.2. The standard InChI is InChI=1S/C16H21BrF3N5O/c1-5-24-10(2)12(8-21-24)9-23(4)13(26)6-7-25-11(3)14(17)15(22-25)16(18,19)20/h8H,5-7,9H2,1-4H3. The summed E-state index contributed by atoms with van der Waals surface area (Å²) in [4.78, 5) is 13.9. The van der Waals surface area contributed by atoms with E-state index in [1.165, 1.54) is 11.6 Å². The average Bonchev–Trinajstić information content (AvgIpc) is 3.06. The van der Waals surface area contributed by atoms with Crippen LogP contribution in [0.5, 0.6) is 0 Å². The highest BCUT2D eigenvalue weighted by Gasteiger charge is 2.37. The monoisotopic (exact) mass is 435 g/mol. The van der Waals surface area contributed by atoms with Crippen molar-refractivity contribution in [1.29, 1.82) is 0 Å². The molecule has 0 atom stereocenters. The van der Waals surface area contributed by atoms with Crippen molar-refractivity contribution in [3.8, 4) is 0 Å². The van der Waals surface area contributed by atoms with Crippen LogP contribution < -0.4 is 0 Å². The minimum Gasteiger partial charge on any atom is -0.341 e. The van der Waals surface area contributed by atoms with Gasteiger partial charge in [0.1, 0.15) is 0 Å². The number of hydrogen-bond acceptors (Lipinski definition) is 3. The molecule has 0 bridgehead atoms. The van der Waals surface area contributed by atoms with Gasteiger partial charge in [-0.15, -0.1) is 0 Å². The number of halogens is 4. The molecule has 2 aromatic heterocycles. The van der Waals surface area contributed by atoms with Crippen molar-refractivity contribution in [3.63, 3.8) is 0 Å². The van der Waals surface area contributed by atoms with Crippen LogP contribution in [0.3, 0.4) is 0 Å². The molecule has 1 amide bonds. The number of carbonyl (C=O) groups is 1. The van der Waals surface area contributed by atoms with Gasteiger partial charge in [-0.25, -0.2) is 0 Å². The summed E-state index contributed by atoms with van der Waals surface area (Å²) in [6, 6.07) is 0. The maximum Gasteiger partial charge on any atom is 0.436 e. The summed E-state index contributed by atoms with van der Waals surface area (Å²) < 4.78 is 41.6. The summed E-state index contributed by atoms with van der Waals surface area (Å²) in [5.74, 6) is -0.173. The van der Waals surface area contributed by atoms with Crippen molar-refractivity contribution in [1.82, 2.24) is 24.5 Å². The predicted octanol–water partition coefficient (Wildman–Crippen LogP) is 3.55. The van der Waals surface area contributed by atoms with E-state index in [0.717, 1.165) is 17.8 Å². The summed E-state index contributed by atoms with van der Waals surface area (Å²) in [5, 5.41) is 7.83. The van der Waals surface area contributed by atoms with Gasteiger partial charge in [-0.05, 0) is 36.7 Å². The number of nitrogens with zero attached hydrogens (tertiary/aromatic N) is 5. The van der Waals surface area contributed by atoms with E-state index in [2.05, 4.69) is 26.1 Å². The van der Waals surface area contributed by atoms with E-state index < -0.39 is 11.9 Å². The van der Waals surface area contributed by atoms with Crippen LogP contribution >= 0.6 is 15.9 Å². The zero-order valence-electron chi connectivity index (χ0n) is 15.1. The zero-order chi connectivity index (χ0) is 19.6. The highest BCUT2D eigenvalue weighted by molar-refractivity contribution is 9.10. The van der Waals surface area contributed by atoms with Gasteiger partial charge in [-0.3, -0.25) is 14.2 Å². The van der Waals surface area contributed by atoms with Gasteiger partial charge in [0.2, 0.25) is 5.91 Å². The Kier molecular flexibility index (Phi) is 6.15. The minimum atomic E-state index is -4.54. The Labute approximate surface area is 158 Å². The SMILES string of the molecule is CCn1ncc(CN(C)C(=O)CCn2nc(C(F)(F)F)c(Br)c2C)c1C. The van der Waals surface area contributed by atoms with Crippen LogP contribution in [0.2, 0.25) is 0 Å². The van der Waals surface area contributed by atoms with Crippen LogP contribution in [-0.2, 0) is 30.6 Å². The number of hydrogen-bond donors (Lipinski definition) is 0. The fourth-order valence-electron chi connectivity index (χ4n) is 2.62. The summed E-state index contributed by atoms with van der Waals surface area (Å²) in [6.07, 6.45) is -2.75. The van der Waals surface area contributed by atoms with E-state index in [-0.39, 0.29) is 23.3 Å². The topological polar surface area (TPSA) is 56.0 Å². The van der Waals surface area contributed by atoms with E-state index in [1.807, 2.05) is 18.5 Å². The lowest BCUT2D eigenvalue weighted by Crippen LogP contribution is -2.27. The van der Waals surface area contributed by atoms with Crippen LogP contribution in [-0.4, -0.2) is 37.4 Å². The molecule has 6 nitrogen and oxygen atoms in total. The first-order chi connectivity index (χ1) is 12.1. The quantitative estimate of drug-likeness (QED) is 0.696. The fourth-order valence-corrected chi connectivity index (χ4v) is 3.13. The molecule has 0 aliphatic heterocycles. The molecule has 2 aromatic rings. The predicted molar refractivity (Wildman–Crippen MR) is 93.4 cm³/mol. The van der Waals surface area contributed by atoms with E-state index in [4.69, 9.17) is 0 Å². The van der Waals surface area contributed by atoms with Gasteiger partial charge in [0, 0.05) is 37.8 Å². The third kappa shape index (κ3) is 4.28. The van der Waals surface area contributed by atoms with E-state index in [0.29, 0.717) is 12.2 Å². The van der Waals surface area contributed by atoms with Crippen molar-refractivity contribution in [2.24, 2.45) is 0 Å². The number of alkyl halides is 3.